The van der Waals surface area contributed by atoms with E-state index in [1.165, 1.54) is 11.6 Å². The van der Waals surface area contributed by atoms with Crippen LogP contribution < -0.4 is 4.74 Å². The van der Waals surface area contributed by atoms with Gasteiger partial charge in [-0.3, -0.25) is 0 Å². The molecular formula is C28H34FNO4S. The summed E-state index contributed by atoms with van der Waals surface area (Å²) in [5.41, 5.74) is 4.01. The van der Waals surface area contributed by atoms with Crippen molar-refractivity contribution >= 4 is 17.3 Å². The molecule has 0 saturated heterocycles. The Balaban J connectivity index is 1.59. The van der Waals surface area contributed by atoms with Crippen LogP contribution >= 0.6 is 11.3 Å². The Bertz CT molecular complexity index is 1110. The first-order valence-corrected chi connectivity index (χ1v) is 12.9. The Morgan fingerprint density at radius 1 is 1.09 bits per heavy atom. The summed E-state index contributed by atoms with van der Waals surface area (Å²) in [6.07, 6.45) is 0.0700. The van der Waals surface area contributed by atoms with Gasteiger partial charge in [-0.05, 0) is 49.9 Å². The van der Waals surface area contributed by atoms with Gasteiger partial charge in [-0.2, -0.15) is 0 Å². The van der Waals surface area contributed by atoms with Crippen LogP contribution in [-0.2, 0) is 27.1 Å². The zero-order valence-electron chi connectivity index (χ0n) is 21.1. The topological polar surface area (TPSA) is 57.7 Å². The fraction of sp³-hybridized carbons (Fsp3) is 0.429. The lowest BCUT2D eigenvalue weighted by atomic mass is 10.0. The number of hydrogen-bond donors (Lipinski definition) is 0. The Hall–Kier alpha value is -2.77. The highest BCUT2D eigenvalue weighted by molar-refractivity contribution is 7.15. The van der Waals surface area contributed by atoms with Gasteiger partial charge in [0.2, 0.25) is 0 Å². The number of rotatable bonds is 12. The predicted octanol–water partition coefficient (Wildman–Crippen LogP) is 6.51. The van der Waals surface area contributed by atoms with Gasteiger partial charge < -0.3 is 14.2 Å². The van der Waals surface area contributed by atoms with Crippen molar-refractivity contribution in [3.63, 3.8) is 0 Å². The molecule has 1 heterocycles. The summed E-state index contributed by atoms with van der Waals surface area (Å²) in [6, 6.07) is 13.2. The molecule has 0 amide bonds. The average Bonchev–Trinajstić information content (AvgIpc) is 3.20. The van der Waals surface area contributed by atoms with E-state index < -0.39 is 17.9 Å². The number of hydrogen-bond acceptors (Lipinski definition) is 6. The zero-order valence-corrected chi connectivity index (χ0v) is 21.9. The molecule has 2 aromatic carbocycles. The van der Waals surface area contributed by atoms with Gasteiger partial charge in [0.05, 0.1) is 18.9 Å². The second-order valence-corrected chi connectivity index (χ2v) is 9.77. The van der Waals surface area contributed by atoms with Gasteiger partial charge in [0, 0.05) is 29.9 Å². The number of esters is 1. The van der Waals surface area contributed by atoms with Crippen LogP contribution in [0.15, 0.2) is 42.5 Å². The Kier molecular flexibility index (Phi) is 9.81. The molecular weight excluding hydrogens is 465 g/mol. The minimum absolute atomic E-state index is 0.176. The summed E-state index contributed by atoms with van der Waals surface area (Å²) in [7, 11) is 0. The monoisotopic (exact) mass is 499 g/mol. The summed E-state index contributed by atoms with van der Waals surface area (Å²) in [5, 5.41) is 0.980. The number of halogens is 1. The molecule has 1 aromatic heterocycles. The van der Waals surface area contributed by atoms with E-state index in [0.29, 0.717) is 31.1 Å². The molecule has 0 aliphatic carbocycles. The molecule has 1 atom stereocenters. The Morgan fingerprint density at radius 2 is 1.83 bits per heavy atom. The van der Waals surface area contributed by atoms with Gasteiger partial charge in [0.15, 0.2) is 17.7 Å². The maximum atomic E-state index is 14.7. The van der Waals surface area contributed by atoms with Gasteiger partial charge in [-0.15, -0.1) is 11.3 Å². The highest BCUT2D eigenvalue weighted by atomic mass is 32.1. The number of benzene rings is 2. The smallest absolute Gasteiger partial charge is 0.335 e. The highest BCUT2D eigenvalue weighted by Gasteiger charge is 2.21. The third-order valence-electron chi connectivity index (χ3n) is 5.65. The number of ether oxygens (including phenoxy) is 3. The van der Waals surface area contributed by atoms with Gasteiger partial charge in [0.1, 0.15) is 5.01 Å². The second kappa shape index (κ2) is 12.8. The van der Waals surface area contributed by atoms with Crippen molar-refractivity contribution in [2.24, 2.45) is 0 Å². The molecule has 0 fully saturated rings. The van der Waals surface area contributed by atoms with Gasteiger partial charge >= 0.3 is 5.97 Å². The number of nitrogens with zero attached hydrogens (tertiary/aromatic N) is 1. The number of aromatic nitrogens is 1. The van der Waals surface area contributed by atoms with Crippen molar-refractivity contribution < 1.29 is 23.4 Å². The van der Waals surface area contributed by atoms with Crippen LogP contribution in [0.5, 0.6) is 5.75 Å². The molecule has 3 aromatic rings. The third kappa shape index (κ3) is 7.36. The van der Waals surface area contributed by atoms with Crippen LogP contribution in [0.25, 0.3) is 10.6 Å². The lowest BCUT2D eigenvalue weighted by Gasteiger charge is -2.16. The molecule has 0 spiro atoms. The van der Waals surface area contributed by atoms with Crippen LogP contribution in [0.4, 0.5) is 4.39 Å². The second-order valence-electron chi connectivity index (χ2n) is 8.56. The van der Waals surface area contributed by atoms with E-state index in [2.05, 4.69) is 38.1 Å². The summed E-state index contributed by atoms with van der Waals surface area (Å²) in [6.45, 7) is 10.9. The standard InChI is InChI=1S/C28H34FNO4S/c1-6-32-26(28(31)33-7-2)17-20-8-13-25(23(29)16-20)34-15-14-24-19(5)35-27(30-24)22-11-9-21(10-12-22)18(3)4/h8-13,16,18,26H,6-7,14-15,17H2,1-5H3. The third-order valence-corrected chi connectivity index (χ3v) is 6.71. The van der Waals surface area contributed by atoms with Crippen molar-refractivity contribution in [3.05, 3.63) is 70.0 Å². The Labute approximate surface area is 211 Å². The first-order valence-electron chi connectivity index (χ1n) is 12.1. The molecule has 7 heteroatoms. The summed E-state index contributed by atoms with van der Waals surface area (Å²) in [5.74, 6) is -0.241. The SMILES string of the molecule is CCOC(=O)C(Cc1ccc(OCCc2nc(-c3ccc(C(C)C)cc3)sc2C)c(F)c1)OCC. The molecule has 0 aliphatic rings. The number of carbonyl (C=O) groups is 1. The van der Waals surface area contributed by atoms with E-state index in [1.54, 1.807) is 37.3 Å². The average molecular weight is 500 g/mol. The minimum atomic E-state index is -0.755. The fourth-order valence-electron chi connectivity index (χ4n) is 3.70. The summed E-state index contributed by atoms with van der Waals surface area (Å²) >= 11 is 1.66. The number of thiazole rings is 1. The van der Waals surface area contributed by atoms with Crippen molar-refractivity contribution in [3.8, 4) is 16.3 Å². The molecule has 0 bridgehead atoms. The molecule has 1 unspecified atom stereocenters. The van der Waals surface area contributed by atoms with E-state index in [-0.39, 0.29) is 18.8 Å². The quantitative estimate of drug-likeness (QED) is 0.266. The van der Waals surface area contributed by atoms with Gasteiger partial charge in [-0.1, -0.05) is 44.2 Å². The summed E-state index contributed by atoms with van der Waals surface area (Å²) < 4.78 is 30.9. The van der Waals surface area contributed by atoms with Crippen LogP contribution in [0, 0.1) is 12.7 Å². The van der Waals surface area contributed by atoms with E-state index in [4.69, 9.17) is 19.2 Å². The lowest BCUT2D eigenvalue weighted by molar-refractivity contribution is -0.156. The van der Waals surface area contributed by atoms with Crippen LogP contribution in [0.1, 0.15) is 55.3 Å². The molecule has 0 saturated carbocycles. The van der Waals surface area contributed by atoms with Gasteiger partial charge in [0.25, 0.3) is 0 Å². The van der Waals surface area contributed by atoms with Crippen molar-refractivity contribution in [2.45, 2.75) is 59.5 Å². The molecule has 3 rings (SSSR count). The van der Waals surface area contributed by atoms with Gasteiger partial charge in [-0.25, -0.2) is 14.2 Å². The van der Waals surface area contributed by atoms with Crippen LogP contribution in [0.2, 0.25) is 0 Å². The molecule has 5 nitrogen and oxygen atoms in total. The minimum Gasteiger partial charge on any atom is -0.490 e. The maximum absolute atomic E-state index is 14.7. The molecule has 188 valence electrons. The molecule has 35 heavy (non-hydrogen) atoms. The van der Waals surface area contributed by atoms with Crippen LogP contribution in [-0.4, -0.2) is 36.9 Å². The first kappa shape index (κ1) is 26.8. The fourth-order valence-corrected chi connectivity index (χ4v) is 4.67. The number of carbonyl (C=O) groups excluding carboxylic acids is 1. The molecule has 0 radical (unpaired) electrons. The maximum Gasteiger partial charge on any atom is 0.335 e. The van der Waals surface area contributed by atoms with E-state index in [9.17, 15) is 9.18 Å². The predicted molar refractivity (Wildman–Crippen MR) is 138 cm³/mol. The highest BCUT2D eigenvalue weighted by Crippen LogP contribution is 2.29. The largest absolute Gasteiger partial charge is 0.490 e. The number of aryl methyl sites for hydroxylation is 1. The Morgan fingerprint density at radius 3 is 2.46 bits per heavy atom. The van der Waals surface area contributed by atoms with E-state index in [1.807, 2.05) is 6.92 Å². The summed E-state index contributed by atoms with van der Waals surface area (Å²) in [4.78, 5) is 18.0. The van der Waals surface area contributed by atoms with Crippen molar-refractivity contribution in [1.82, 2.24) is 4.98 Å². The zero-order chi connectivity index (χ0) is 25.4. The molecule has 0 aliphatic heterocycles. The van der Waals surface area contributed by atoms with Crippen LogP contribution in [0.3, 0.4) is 0 Å². The van der Waals surface area contributed by atoms with E-state index in [0.717, 1.165) is 21.1 Å². The normalized spacial score (nSPS) is 12.1. The first-order chi connectivity index (χ1) is 16.8. The molecule has 0 N–H and O–H groups in total. The van der Waals surface area contributed by atoms with Crippen molar-refractivity contribution in [1.29, 1.82) is 0 Å². The van der Waals surface area contributed by atoms with E-state index >= 15 is 0 Å². The van der Waals surface area contributed by atoms with Crippen molar-refractivity contribution in [2.75, 3.05) is 19.8 Å². The lowest BCUT2D eigenvalue weighted by Crippen LogP contribution is -2.29.